The lowest BCUT2D eigenvalue weighted by atomic mass is 10.1. The molecule has 1 atom stereocenters. The van der Waals surface area contributed by atoms with Gasteiger partial charge in [0.25, 0.3) is 0 Å². The van der Waals surface area contributed by atoms with Crippen molar-refractivity contribution in [1.29, 1.82) is 0 Å². The van der Waals surface area contributed by atoms with Gasteiger partial charge in [0.2, 0.25) is 5.95 Å². The van der Waals surface area contributed by atoms with Gasteiger partial charge >= 0.3 is 0 Å². The molecule has 1 unspecified atom stereocenters. The number of ether oxygens (including phenoxy) is 1. The van der Waals surface area contributed by atoms with E-state index in [0.717, 1.165) is 57.6 Å². The number of hydrogen-bond acceptors (Lipinski definition) is 6. The summed E-state index contributed by atoms with van der Waals surface area (Å²) in [5.74, 6) is 0.679. The molecule has 2 aliphatic heterocycles. The predicted molar refractivity (Wildman–Crippen MR) is 85.9 cm³/mol. The van der Waals surface area contributed by atoms with Crippen molar-refractivity contribution < 1.29 is 4.74 Å². The van der Waals surface area contributed by atoms with Crippen LogP contribution in [0.3, 0.4) is 0 Å². The smallest absolute Gasteiger partial charge is 0.222 e. The SMILES string of the molecule is c1nc2c([nH]1)CN(Cc1cnc(NCC3CCCO3)nc1)CC2. The summed E-state index contributed by atoms with van der Waals surface area (Å²) >= 11 is 0. The number of hydrogen-bond donors (Lipinski definition) is 2. The second kappa shape index (κ2) is 6.64. The van der Waals surface area contributed by atoms with Crippen LogP contribution in [0.4, 0.5) is 5.95 Å². The first kappa shape index (κ1) is 14.6. The molecule has 0 radical (unpaired) electrons. The predicted octanol–water partition coefficient (Wildman–Crippen LogP) is 1.35. The highest BCUT2D eigenvalue weighted by Gasteiger charge is 2.18. The van der Waals surface area contributed by atoms with Gasteiger partial charge in [-0.25, -0.2) is 15.0 Å². The van der Waals surface area contributed by atoms with Gasteiger partial charge in [-0.3, -0.25) is 4.90 Å². The Hall–Kier alpha value is -1.99. The van der Waals surface area contributed by atoms with E-state index in [1.165, 1.54) is 11.4 Å². The second-order valence-electron chi connectivity index (χ2n) is 6.22. The average molecular weight is 314 g/mol. The molecule has 4 rings (SSSR count). The number of rotatable bonds is 5. The van der Waals surface area contributed by atoms with E-state index in [-0.39, 0.29) is 0 Å². The van der Waals surface area contributed by atoms with Crippen LogP contribution in [0.15, 0.2) is 18.7 Å². The number of nitrogens with one attached hydrogen (secondary N) is 2. The Kier molecular flexibility index (Phi) is 4.21. The number of aromatic amines is 1. The average Bonchev–Trinajstić information content (AvgIpc) is 3.25. The largest absolute Gasteiger partial charge is 0.376 e. The molecule has 0 aromatic carbocycles. The van der Waals surface area contributed by atoms with Crippen molar-refractivity contribution in [1.82, 2.24) is 24.8 Å². The minimum absolute atomic E-state index is 0.301. The topological polar surface area (TPSA) is 79.0 Å². The maximum absolute atomic E-state index is 5.59. The standard InChI is InChI=1S/C16H22N6O/c1-2-13(23-5-1)8-19-16-17-6-12(7-18-16)9-22-4-3-14-15(10-22)21-11-20-14/h6-7,11,13H,1-5,8-10H2,(H,20,21)(H,17,18,19). The summed E-state index contributed by atoms with van der Waals surface area (Å²) in [5.41, 5.74) is 3.56. The number of aromatic nitrogens is 4. The molecule has 7 heteroatoms. The molecule has 2 N–H and O–H groups in total. The highest BCUT2D eigenvalue weighted by atomic mass is 16.5. The monoisotopic (exact) mass is 314 g/mol. The van der Waals surface area contributed by atoms with Crippen LogP contribution in [-0.4, -0.2) is 50.6 Å². The van der Waals surface area contributed by atoms with Gasteiger partial charge in [0, 0.05) is 57.2 Å². The fourth-order valence-corrected chi connectivity index (χ4v) is 3.20. The van der Waals surface area contributed by atoms with Gasteiger partial charge in [0.05, 0.1) is 23.8 Å². The van der Waals surface area contributed by atoms with E-state index < -0.39 is 0 Å². The molecule has 122 valence electrons. The van der Waals surface area contributed by atoms with E-state index >= 15 is 0 Å². The second-order valence-corrected chi connectivity index (χ2v) is 6.22. The molecule has 4 heterocycles. The van der Waals surface area contributed by atoms with Crippen LogP contribution in [0.1, 0.15) is 29.8 Å². The summed E-state index contributed by atoms with van der Waals surface area (Å²) < 4.78 is 5.59. The van der Waals surface area contributed by atoms with E-state index in [4.69, 9.17) is 4.74 Å². The first-order chi connectivity index (χ1) is 11.4. The molecule has 0 aliphatic carbocycles. The Morgan fingerprint density at radius 1 is 1.30 bits per heavy atom. The van der Waals surface area contributed by atoms with Gasteiger partial charge < -0.3 is 15.0 Å². The number of anilines is 1. The number of nitrogens with zero attached hydrogens (tertiary/aromatic N) is 4. The van der Waals surface area contributed by atoms with Crippen molar-refractivity contribution in [3.63, 3.8) is 0 Å². The fraction of sp³-hybridized carbons (Fsp3) is 0.562. The minimum Gasteiger partial charge on any atom is -0.376 e. The molecule has 7 nitrogen and oxygen atoms in total. The highest BCUT2D eigenvalue weighted by molar-refractivity contribution is 5.25. The lowest BCUT2D eigenvalue weighted by Crippen LogP contribution is -2.30. The molecule has 1 saturated heterocycles. The van der Waals surface area contributed by atoms with Crippen molar-refractivity contribution in [3.05, 3.63) is 35.7 Å². The van der Waals surface area contributed by atoms with Gasteiger partial charge in [0.15, 0.2) is 0 Å². The van der Waals surface area contributed by atoms with Crippen LogP contribution in [0, 0.1) is 0 Å². The van der Waals surface area contributed by atoms with Crippen molar-refractivity contribution in [3.8, 4) is 0 Å². The van der Waals surface area contributed by atoms with Gasteiger partial charge in [-0.05, 0) is 12.8 Å². The van der Waals surface area contributed by atoms with E-state index in [1.807, 2.05) is 12.4 Å². The molecule has 2 aromatic heterocycles. The summed E-state index contributed by atoms with van der Waals surface area (Å²) in [6.45, 7) is 4.46. The molecule has 2 aromatic rings. The zero-order valence-electron chi connectivity index (χ0n) is 13.2. The van der Waals surface area contributed by atoms with Crippen molar-refractivity contribution in [2.45, 2.75) is 38.5 Å². The maximum atomic E-state index is 5.59. The zero-order chi connectivity index (χ0) is 15.5. The molecular weight excluding hydrogens is 292 g/mol. The van der Waals surface area contributed by atoms with Crippen molar-refractivity contribution >= 4 is 5.95 Å². The molecule has 0 spiro atoms. The van der Waals surface area contributed by atoms with E-state index in [1.54, 1.807) is 6.33 Å². The number of imidazole rings is 1. The summed E-state index contributed by atoms with van der Waals surface area (Å²) in [6.07, 6.45) is 9.18. The van der Waals surface area contributed by atoms with E-state index in [9.17, 15) is 0 Å². The minimum atomic E-state index is 0.301. The first-order valence-electron chi connectivity index (χ1n) is 8.27. The van der Waals surface area contributed by atoms with Gasteiger partial charge in [-0.1, -0.05) is 0 Å². The quantitative estimate of drug-likeness (QED) is 0.867. The molecule has 2 aliphatic rings. The zero-order valence-corrected chi connectivity index (χ0v) is 13.2. The van der Waals surface area contributed by atoms with Gasteiger partial charge in [0.1, 0.15) is 0 Å². The third kappa shape index (κ3) is 3.51. The van der Waals surface area contributed by atoms with E-state index in [0.29, 0.717) is 12.1 Å². The Morgan fingerprint density at radius 3 is 3.04 bits per heavy atom. The Labute approximate surface area is 135 Å². The number of H-pyrrole nitrogens is 1. The summed E-state index contributed by atoms with van der Waals surface area (Å²) in [4.78, 5) is 18.8. The van der Waals surface area contributed by atoms with Crippen LogP contribution in [0.2, 0.25) is 0 Å². The molecule has 1 fully saturated rings. The van der Waals surface area contributed by atoms with Crippen LogP contribution in [0.5, 0.6) is 0 Å². The molecule has 0 bridgehead atoms. The summed E-state index contributed by atoms with van der Waals surface area (Å²) in [5, 5.41) is 3.25. The van der Waals surface area contributed by atoms with Crippen LogP contribution in [-0.2, 0) is 24.2 Å². The summed E-state index contributed by atoms with van der Waals surface area (Å²) in [6, 6.07) is 0. The Bertz CT molecular complexity index is 634. The van der Waals surface area contributed by atoms with Crippen LogP contribution in [0.25, 0.3) is 0 Å². The first-order valence-corrected chi connectivity index (χ1v) is 8.27. The molecular formula is C16H22N6O. The molecule has 0 saturated carbocycles. The normalized spacial score (nSPS) is 21.3. The van der Waals surface area contributed by atoms with Crippen LogP contribution < -0.4 is 5.32 Å². The van der Waals surface area contributed by atoms with Gasteiger partial charge in [-0.2, -0.15) is 0 Å². The van der Waals surface area contributed by atoms with Gasteiger partial charge in [-0.15, -0.1) is 0 Å². The fourth-order valence-electron chi connectivity index (χ4n) is 3.20. The van der Waals surface area contributed by atoms with Crippen molar-refractivity contribution in [2.24, 2.45) is 0 Å². The maximum Gasteiger partial charge on any atom is 0.222 e. The Morgan fingerprint density at radius 2 is 2.22 bits per heavy atom. The lowest BCUT2D eigenvalue weighted by molar-refractivity contribution is 0.120. The van der Waals surface area contributed by atoms with E-state index in [2.05, 4.69) is 30.2 Å². The van der Waals surface area contributed by atoms with Crippen LogP contribution >= 0.6 is 0 Å². The lowest BCUT2D eigenvalue weighted by Gasteiger charge is -2.25. The third-order valence-electron chi connectivity index (χ3n) is 4.48. The van der Waals surface area contributed by atoms with Crippen molar-refractivity contribution in [2.75, 3.05) is 25.0 Å². The molecule has 0 amide bonds. The molecule has 23 heavy (non-hydrogen) atoms. The highest BCUT2D eigenvalue weighted by Crippen LogP contribution is 2.17. The third-order valence-corrected chi connectivity index (χ3v) is 4.48. The Balaban J connectivity index is 1.30. The summed E-state index contributed by atoms with van der Waals surface area (Å²) in [7, 11) is 0. The number of fused-ring (bicyclic) bond motifs is 1.